The fourth-order valence-electron chi connectivity index (χ4n) is 2.03. The van der Waals surface area contributed by atoms with Crippen LogP contribution in [0.5, 0.6) is 11.5 Å². The summed E-state index contributed by atoms with van der Waals surface area (Å²) in [7, 11) is 1.64. The number of rotatable bonds is 7. The topological polar surface area (TPSA) is 69.4 Å². The molecule has 6 nitrogen and oxygen atoms in total. The lowest BCUT2D eigenvalue weighted by Crippen LogP contribution is -2.15. The van der Waals surface area contributed by atoms with E-state index in [1.54, 1.807) is 14.0 Å². The van der Waals surface area contributed by atoms with Gasteiger partial charge in [-0.3, -0.25) is 0 Å². The van der Waals surface area contributed by atoms with Crippen LogP contribution in [0.3, 0.4) is 0 Å². The van der Waals surface area contributed by atoms with E-state index in [1.165, 1.54) is 18.4 Å². The Kier molecular flexibility index (Phi) is 4.06. The molecule has 0 unspecified atom stereocenters. The predicted octanol–water partition coefficient (Wildman–Crippen LogP) is 2.22. The van der Waals surface area contributed by atoms with E-state index in [2.05, 4.69) is 15.5 Å². The molecule has 1 heterocycles. The molecule has 112 valence electrons. The van der Waals surface area contributed by atoms with E-state index in [9.17, 15) is 0 Å². The van der Waals surface area contributed by atoms with Gasteiger partial charge >= 0.3 is 0 Å². The van der Waals surface area contributed by atoms with E-state index in [0.29, 0.717) is 29.3 Å². The molecule has 0 radical (unpaired) electrons. The second kappa shape index (κ2) is 6.13. The zero-order valence-corrected chi connectivity index (χ0v) is 12.3. The van der Waals surface area contributed by atoms with Gasteiger partial charge in [0.25, 0.3) is 5.89 Å². The summed E-state index contributed by atoms with van der Waals surface area (Å²) in [4.78, 5) is 4.10. The summed E-state index contributed by atoms with van der Waals surface area (Å²) in [5, 5.41) is 7.20. The Morgan fingerprint density at radius 3 is 2.86 bits per heavy atom. The molecule has 1 saturated carbocycles. The molecule has 2 aromatic rings. The van der Waals surface area contributed by atoms with Crippen LogP contribution in [0.2, 0.25) is 0 Å². The van der Waals surface area contributed by atoms with Gasteiger partial charge in [-0.2, -0.15) is 4.98 Å². The van der Waals surface area contributed by atoms with Gasteiger partial charge in [-0.05, 0) is 37.5 Å². The lowest BCUT2D eigenvalue weighted by Gasteiger charge is -2.11. The van der Waals surface area contributed by atoms with Crippen LogP contribution in [0.25, 0.3) is 0 Å². The molecular weight excluding hydrogens is 270 g/mol. The Morgan fingerprint density at radius 2 is 2.19 bits per heavy atom. The first kappa shape index (κ1) is 13.9. The Morgan fingerprint density at radius 1 is 1.33 bits per heavy atom. The number of hydrogen-bond donors (Lipinski definition) is 1. The van der Waals surface area contributed by atoms with Crippen molar-refractivity contribution in [1.82, 2.24) is 15.5 Å². The zero-order chi connectivity index (χ0) is 14.7. The SMILES string of the molecule is COc1cc(CNC2CC2)ccc1OCc1nc(C)no1. The van der Waals surface area contributed by atoms with E-state index in [4.69, 9.17) is 14.0 Å². The minimum absolute atomic E-state index is 0.233. The zero-order valence-electron chi connectivity index (χ0n) is 12.3. The van der Waals surface area contributed by atoms with Gasteiger partial charge in [-0.15, -0.1) is 0 Å². The summed E-state index contributed by atoms with van der Waals surface area (Å²) < 4.78 is 16.1. The summed E-state index contributed by atoms with van der Waals surface area (Å²) >= 11 is 0. The molecule has 1 N–H and O–H groups in total. The molecule has 0 atom stereocenters. The molecule has 1 aromatic carbocycles. The minimum Gasteiger partial charge on any atom is -0.493 e. The summed E-state index contributed by atoms with van der Waals surface area (Å²) in [6, 6.07) is 6.62. The van der Waals surface area contributed by atoms with Crippen molar-refractivity contribution in [2.75, 3.05) is 7.11 Å². The van der Waals surface area contributed by atoms with Crippen molar-refractivity contribution >= 4 is 0 Å². The van der Waals surface area contributed by atoms with Crippen LogP contribution in [0.4, 0.5) is 0 Å². The highest BCUT2D eigenvalue weighted by molar-refractivity contribution is 5.43. The van der Waals surface area contributed by atoms with Crippen molar-refractivity contribution < 1.29 is 14.0 Å². The van der Waals surface area contributed by atoms with Gasteiger partial charge in [0, 0.05) is 12.6 Å². The van der Waals surface area contributed by atoms with Gasteiger partial charge in [0.15, 0.2) is 23.9 Å². The van der Waals surface area contributed by atoms with Gasteiger partial charge in [-0.25, -0.2) is 0 Å². The molecule has 1 aliphatic carbocycles. The number of methoxy groups -OCH3 is 1. The normalized spacial score (nSPS) is 14.2. The number of aromatic nitrogens is 2. The molecule has 0 spiro atoms. The van der Waals surface area contributed by atoms with Crippen LogP contribution in [0.15, 0.2) is 22.7 Å². The van der Waals surface area contributed by atoms with Crippen LogP contribution < -0.4 is 14.8 Å². The first-order chi connectivity index (χ1) is 10.2. The van der Waals surface area contributed by atoms with E-state index < -0.39 is 0 Å². The lowest BCUT2D eigenvalue weighted by molar-refractivity contribution is 0.233. The second-order valence-electron chi connectivity index (χ2n) is 5.16. The third-order valence-electron chi connectivity index (χ3n) is 3.32. The Hall–Kier alpha value is -2.08. The monoisotopic (exact) mass is 289 g/mol. The first-order valence-electron chi connectivity index (χ1n) is 7.07. The van der Waals surface area contributed by atoms with Crippen LogP contribution in [-0.2, 0) is 13.2 Å². The quantitative estimate of drug-likeness (QED) is 0.843. The third kappa shape index (κ3) is 3.72. The average molecular weight is 289 g/mol. The average Bonchev–Trinajstić information content (AvgIpc) is 3.24. The summed E-state index contributed by atoms with van der Waals surface area (Å²) in [5.74, 6) is 2.43. The smallest absolute Gasteiger partial charge is 0.264 e. The van der Waals surface area contributed by atoms with Gasteiger partial charge in [0.2, 0.25) is 0 Å². The van der Waals surface area contributed by atoms with Crippen molar-refractivity contribution in [3.63, 3.8) is 0 Å². The molecule has 21 heavy (non-hydrogen) atoms. The first-order valence-corrected chi connectivity index (χ1v) is 7.07. The van der Waals surface area contributed by atoms with E-state index in [1.807, 2.05) is 18.2 Å². The summed E-state index contributed by atoms with van der Waals surface area (Å²) in [5.41, 5.74) is 1.18. The van der Waals surface area contributed by atoms with Crippen LogP contribution in [0.1, 0.15) is 30.1 Å². The third-order valence-corrected chi connectivity index (χ3v) is 3.32. The van der Waals surface area contributed by atoms with Gasteiger partial charge < -0.3 is 19.3 Å². The van der Waals surface area contributed by atoms with Crippen molar-refractivity contribution in [1.29, 1.82) is 0 Å². The minimum atomic E-state index is 0.233. The lowest BCUT2D eigenvalue weighted by atomic mass is 10.2. The summed E-state index contributed by atoms with van der Waals surface area (Å²) in [6.07, 6.45) is 2.56. The summed E-state index contributed by atoms with van der Waals surface area (Å²) in [6.45, 7) is 2.86. The highest BCUT2D eigenvalue weighted by Crippen LogP contribution is 2.29. The van der Waals surface area contributed by atoms with Crippen molar-refractivity contribution in [3.05, 3.63) is 35.5 Å². The van der Waals surface area contributed by atoms with Crippen LogP contribution >= 0.6 is 0 Å². The van der Waals surface area contributed by atoms with Gasteiger partial charge in [-0.1, -0.05) is 11.2 Å². The Balaban J connectivity index is 1.63. The fourth-order valence-corrected chi connectivity index (χ4v) is 2.03. The molecular formula is C15H19N3O3. The molecule has 0 aliphatic heterocycles. The number of benzene rings is 1. The molecule has 0 amide bonds. The fraction of sp³-hybridized carbons (Fsp3) is 0.467. The van der Waals surface area contributed by atoms with E-state index in [-0.39, 0.29) is 6.61 Å². The molecule has 1 aromatic heterocycles. The number of nitrogens with one attached hydrogen (secondary N) is 1. The molecule has 1 aliphatic rings. The highest BCUT2D eigenvalue weighted by atomic mass is 16.5. The maximum absolute atomic E-state index is 5.68. The Bertz CT molecular complexity index is 608. The van der Waals surface area contributed by atoms with Gasteiger partial charge in [0.1, 0.15) is 0 Å². The number of nitrogens with zero attached hydrogens (tertiary/aromatic N) is 2. The second-order valence-corrected chi connectivity index (χ2v) is 5.16. The van der Waals surface area contributed by atoms with Crippen molar-refractivity contribution in [2.45, 2.75) is 39.0 Å². The van der Waals surface area contributed by atoms with E-state index >= 15 is 0 Å². The number of aryl methyl sites for hydroxylation is 1. The predicted molar refractivity (Wildman–Crippen MR) is 76.2 cm³/mol. The number of hydrogen-bond acceptors (Lipinski definition) is 6. The molecule has 3 rings (SSSR count). The number of ether oxygens (including phenoxy) is 2. The maximum atomic E-state index is 5.68. The molecule has 0 bridgehead atoms. The maximum Gasteiger partial charge on any atom is 0.264 e. The van der Waals surface area contributed by atoms with Crippen LogP contribution in [0, 0.1) is 6.92 Å². The molecule has 1 fully saturated rings. The molecule has 0 saturated heterocycles. The Labute approximate surface area is 123 Å². The van der Waals surface area contributed by atoms with Crippen molar-refractivity contribution in [2.24, 2.45) is 0 Å². The highest BCUT2D eigenvalue weighted by Gasteiger charge is 2.20. The van der Waals surface area contributed by atoms with Gasteiger partial charge in [0.05, 0.1) is 7.11 Å². The van der Waals surface area contributed by atoms with Crippen LogP contribution in [-0.4, -0.2) is 23.3 Å². The standard InChI is InChI=1S/C15H19N3O3/c1-10-17-15(21-18-10)9-20-13-6-3-11(7-14(13)19-2)8-16-12-4-5-12/h3,6-7,12,16H,4-5,8-9H2,1-2H3. The molecule has 6 heteroatoms. The largest absolute Gasteiger partial charge is 0.493 e. The van der Waals surface area contributed by atoms with E-state index in [0.717, 1.165) is 6.54 Å². The van der Waals surface area contributed by atoms with Crippen molar-refractivity contribution in [3.8, 4) is 11.5 Å².